The van der Waals surface area contributed by atoms with Crippen molar-refractivity contribution in [2.75, 3.05) is 111 Å². The zero-order valence-corrected chi connectivity index (χ0v) is 49.9. The van der Waals surface area contributed by atoms with Crippen molar-refractivity contribution in [3.05, 3.63) is 82.6 Å². The fourth-order valence-corrected chi connectivity index (χ4v) is 9.67. The summed E-state index contributed by atoms with van der Waals surface area (Å²) in [6, 6.07) is 8.89. The Kier molecular flexibility index (Phi) is 28.3. The smallest absolute Gasteiger partial charge is 0.464 e. The summed E-state index contributed by atoms with van der Waals surface area (Å²) in [6.07, 6.45) is -0.464. The SMILES string of the molecule is CC1=CC(C)N2C1=Cc1ccc(CCC(=O)NCc3cn(C(CCCCNC(=O)CCOCCOCCOCCOCCOCCOCCNC(=O)OC(C)(C)C)C(=O)Nc4ccc(CCO[C@@H]5O[C@H](CO)[C@@H](O)[C@H](O)[C@H]5O)cc4)nn3)n1[B-]2(F)F. The van der Waals surface area contributed by atoms with Gasteiger partial charge in [-0.3, -0.25) is 14.4 Å². The third-order valence-electron chi connectivity index (χ3n) is 14.0. The third-order valence-corrected chi connectivity index (χ3v) is 14.0. The van der Waals surface area contributed by atoms with Crippen molar-refractivity contribution >= 4 is 42.5 Å². The minimum atomic E-state index is -4.13. The normalized spacial score (nSPS) is 20.2. The van der Waals surface area contributed by atoms with Crippen LogP contribution in [-0.4, -0.2) is 223 Å². The van der Waals surface area contributed by atoms with E-state index in [1.165, 1.54) is 4.68 Å². The van der Waals surface area contributed by atoms with Crippen LogP contribution in [0.15, 0.2) is 59.9 Å². The molecule has 2 unspecified atom stereocenters. The number of alkyl carbamates (subject to hydrolysis) is 1. The van der Waals surface area contributed by atoms with E-state index in [0.717, 1.165) is 20.4 Å². The van der Waals surface area contributed by atoms with E-state index in [1.807, 2.05) is 13.0 Å². The third kappa shape index (κ3) is 22.0. The van der Waals surface area contributed by atoms with E-state index in [0.29, 0.717) is 140 Å². The van der Waals surface area contributed by atoms with E-state index < -0.39 is 74.0 Å². The second kappa shape index (κ2) is 35.1. The molecule has 2 aromatic heterocycles. The van der Waals surface area contributed by atoms with Gasteiger partial charge in [0.05, 0.1) is 105 Å². The number of carbonyl (C=O) groups is 4. The highest BCUT2D eigenvalue weighted by Crippen LogP contribution is 2.41. The molecule has 0 bridgehead atoms. The summed E-state index contributed by atoms with van der Waals surface area (Å²) in [7, 11) is 0. The van der Waals surface area contributed by atoms with Crippen LogP contribution in [0.3, 0.4) is 0 Å². The summed E-state index contributed by atoms with van der Waals surface area (Å²) in [6.45, 7) is 9.28. The number of rotatable bonds is 39. The van der Waals surface area contributed by atoms with Gasteiger partial charge >= 0.3 is 13.1 Å². The zero-order chi connectivity index (χ0) is 62.1. The highest BCUT2D eigenvalue weighted by Gasteiger charge is 2.46. The van der Waals surface area contributed by atoms with E-state index in [4.69, 9.17) is 42.6 Å². The van der Waals surface area contributed by atoms with Crippen molar-refractivity contribution in [1.29, 1.82) is 0 Å². The fourth-order valence-electron chi connectivity index (χ4n) is 9.67. The van der Waals surface area contributed by atoms with Gasteiger partial charge in [-0.25, -0.2) is 9.48 Å². The largest absolute Gasteiger partial charge is 0.529 e. The molecule has 1 saturated heterocycles. The quantitative estimate of drug-likeness (QED) is 0.0300. The van der Waals surface area contributed by atoms with Crippen LogP contribution in [-0.2, 0) is 76.4 Å². The first-order valence-corrected chi connectivity index (χ1v) is 29.4. The minimum Gasteiger partial charge on any atom is -0.464 e. The number of aryl methyl sites for hydroxylation is 1. The molecule has 3 aromatic rings. The van der Waals surface area contributed by atoms with Crippen molar-refractivity contribution in [3.8, 4) is 0 Å². The van der Waals surface area contributed by atoms with Crippen molar-refractivity contribution < 1.29 is 90.9 Å². The van der Waals surface area contributed by atoms with Crippen LogP contribution < -0.4 is 21.3 Å². The highest BCUT2D eigenvalue weighted by atomic mass is 19.2. The van der Waals surface area contributed by atoms with Crippen LogP contribution >= 0.6 is 0 Å². The number of hydrogen-bond donors (Lipinski definition) is 8. The summed E-state index contributed by atoms with van der Waals surface area (Å²) in [5.41, 5.74) is 3.12. The van der Waals surface area contributed by atoms with Crippen LogP contribution in [0.2, 0.25) is 0 Å². The van der Waals surface area contributed by atoms with Crippen molar-refractivity contribution in [3.63, 3.8) is 0 Å². The standard InChI is InChI=1S/C57H87BF2N9O17/c1-39-34-40(2)68-47(39)35-45-14-13-44(69(45)58(68,59)60)15-16-49(71)63-36-43-37-67(66-65-43)46(54(76)64-42-11-9-41(10-12-42)17-22-84-55-53(75)52(74)51(73)48(38-70)85-55)8-6-7-19-61-50(72)18-21-78-24-26-80-28-30-82-32-33-83-31-29-81-27-25-79-23-20-62-56(77)86-57(3,4)5/h9-14,34-35,37,40,46,48,51-53,55,70,73-75H,6-8,15-33,36,38H2,1-5H3,(H,61,72)(H,62,77)(H,63,71)(H,64,76)/q-1/t40?,46?,48-,51-,52+,53-,55-/m1/s1. The van der Waals surface area contributed by atoms with Gasteiger partial charge in [-0.05, 0) is 114 Å². The molecule has 0 radical (unpaired) electrons. The predicted octanol–water partition coefficient (Wildman–Crippen LogP) is 2.40. The molecule has 0 spiro atoms. The van der Waals surface area contributed by atoms with Gasteiger partial charge in [-0.15, -0.1) is 5.10 Å². The van der Waals surface area contributed by atoms with Crippen LogP contribution in [0.1, 0.15) is 95.4 Å². The number of amides is 4. The number of fused-ring (bicyclic) bond motifs is 2. The number of hydrogen-bond acceptors (Lipinski definition) is 20. The predicted molar refractivity (Wildman–Crippen MR) is 309 cm³/mol. The maximum atomic E-state index is 16.0. The van der Waals surface area contributed by atoms with Crippen LogP contribution in [0, 0.1) is 0 Å². The van der Waals surface area contributed by atoms with E-state index in [2.05, 4.69) is 31.6 Å². The average molecular weight is 1220 g/mol. The number of aliphatic hydroxyl groups is 4. The number of halogens is 2. The lowest BCUT2D eigenvalue weighted by Crippen LogP contribution is -2.59. The van der Waals surface area contributed by atoms with Gasteiger partial charge in [0.2, 0.25) is 17.7 Å². The first-order chi connectivity index (χ1) is 41.2. The molecule has 3 aliphatic rings. The molecule has 6 rings (SSSR count). The molecule has 8 N–H and O–H groups in total. The molecule has 1 aromatic carbocycles. The number of nitrogens with zero attached hydrogens (tertiary/aromatic N) is 5. The second-order valence-corrected chi connectivity index (χ2v) is 21.9. The number of benzene rings is 1. The summed E-state index contributed by atoms with van der Waals surface area (Å²) >= 11 is 0. The van der Waals surface area contributed by atoms with Gasteiger partial charge in [0, 0.05) is 49.1 Å². The Morgan fingerprint density at radius 1 is 0.744 bits per heavy atom. The number of ether oxygens (including phenoxy) is 9. The Morgan fingerprint density at radius 3 is 2.01 bits per heavy atom. The van der Waals surface area contributed by atoms with Crippen LogP contribution in [0.25, 0.3) is 6.08 Å². The van der Waals surface area contributed by atoms with Crippen LogP contribution in [0.4, 0.5) is 19.1 Å². The molecule has 480 valence electrons. The summed E-state index contributed by atoms with van der Waals surface area (Å²) in [4.78, 5) is 52.4. The summed E-state index contributed by atoms with van der Waals surface area (Å²) in [5, 5.41) is 59.6. The van der Waals surface area contributed by atoms with Crippen molar-refractivity contribution in [2.45, 2.75) is 134 Å². The number of anilines is 1. The van der Waals surface area contributed by atoms with E-state index in [9.17, 15) is 39.6 Å². The van der Waals surface area contributed by atoms with Crippen molar-refractivity contribution in [2.24, 2.45) is 0 Å². The molecule has 0 aliphatic carbocycles. The molecular weight excluding hydrogens is 1130 g/mol. The molecule has 3 aliphatic heterocycles. The molecule has 0 saturated carbocycles. The van der Waals surface area contributed by atoms with Gasteiger partial charge in [0.1, 0.15) is 41.8 Å². The molecular formula is C57H87BF2N9O17-. The summed E-state index contributed by atoms with van der Waals surface area (Å²) < 4.78 is 83.5. The Morgan fingerprint density at radius 2 is 1.37 bits per heavy atom. The maximum Gasteiger partial charge on any atom is 0.529 e. The summed E-state index contributed by atoms with van der Waals surface area (Å²) in [5.74, 6) is -0.984. The molecule has 4 amide bonds. The molecule has 5 heterocycles. The average Bonchev–Trinajstić information content (AvgIpc) is 1.92. The number of aliphatic hydroxyl groups excluding tert-OH is 4. The first-order valence-electron chi connectivity index (χ1n) is 29.4. The van der Waals surface area contributed by atoms with Gasteiger partial charge in [0.25, 0.3) is 0 Å². The molecule has 1 fully saturated rings. The lowest BCUT2D eigenvalue weighted by atomic mass is 9.87. The minimum absolute atomic E-state index is 0.0304. The molecule has 7 atom stereocenters. The van der Waals surface area contributed by atoms with E-state index in [1.54, 1.807) is 76.4 Å². The lowest BCUT2D eigenvalue weighted by molar-refractivity contribution is -0.300. The van der Waals surface area contributed by atoms with Gasteiger partial charge in [0.15, 0.2) is 6.29 Å². The number of carbonyl (C=O) groups excluding carboxylic acids is 4. The highest BCUT2D eigenvalue weighted by molar-refractivity contribution is 6.63. The van der Waals surface area contributed by atoms with Gasteiger partial charge in [-0.2, -0.15) is 0 Å². The van der Waals surface area contributed by atoms with Crippen LogP contribution in [0.5, 0.6) is 0 Å². The maximum absolute atomic E-state index is 16.0. The molecule has 26 nitrogen and oxygen atoms in total. The number of nitrogens with one attached hydrogen (secondary N) is 4. The second-order valence-electron chi connectivity index (χ2n) is 21.9. The number of aromatic nitrogens is 4. The molecule has 86 heavy (non-hydrogen) atoms. The first kappa shape index (κ1) is 69.1. The molecule has 29 heteroatoms. The number of allylic oxidation sites excluding steroid dienone is 1. The van der Waals surface area contributed by atoms with Crippen molar-refractivity contribution in [1.82, 2.24) is 40.2 Å². The zero-order valence-electron chi connectivity index (χ0n) is 49.9. The topological polar surface area (TPSA) is 319 Å². The Hall–Kier alpha value is -5.96. The number of unbranched alkanes of at least 4 members (excludes halogenated alkanes) is 1. The Labute approximate surface area is 500 Å². The van der Waals surface area contributed by atoms with Gasteiger partial charge < -0.3 is 102 Å². The fraction of sp³-hybridized carbons (Fsp3) is 0.649. The monoisotopic (exact) mass is 1220 g/mol. The Bertz CT molecular complexity index is 2640. The van der Waals surface area contributed by atoms with E-state index >= 15 is 8.63 Å². The van der Waals surface area contributed by atoms with Gasteiger partial charge in [-0.1, -0.05) is 23.4 Å². The van der Waals surface area contributed by atoms with E-state index in [-0.39, 0.29) is 50.8 Å². The Balaban J connectivity index is 0.859. The lowest BCUT2D eigenvalue weighted by Gasteiger charge is -2.47.